The molecule has 2 rings (SSSR count). The van der Waals surface area contributed by atoms with E-state index in [-0.39, 0.29) is 5.95 Å². The Labute approximate surface area is 118 Å². The second-order valence-corrected chi connectivity index (χ2v) is 5.34. The maximum atomic E-state index is 13.8. The van der Waals surface area contributed by atoms with Crippen LogP contribution in [0.15, 0.2) is 18.6 Å². The zero-order chi connectivity index (χ0) is 14.5. The molecule has 0 saturated carbocycles. The fourth-order valence-electron chi connectivity index (χ4n) is 2.06. The summed E-state index contributed by atoms with van der Waals surface area (Å²) in [5.41, 5.74) is 1.70. The molecule has 0 aliphatic carbocycles. The van der Waals surface area contributed by atoms with Crippen LogP contribution in [0.2, 0.25) is 0 Å². The van der Waals surface area contributed by atoms with Crippen molar-refractivity contribution < 1.29 is 4.39 Å². The van der Waals surface area contributed by atoms with Crippen LogP contribution in [0.4, 0.5) is 4.39 Å². The van der Waals surface area contributed by atoms with Crippen LogP contribution in [-0.2, 0) is 26.2 Å². The van der Waals surface area contributed by atoms with Gasteiger partial charge >= 0.3 is 0 Å². The third-order valence-electron chi connectivity index (χ3n) is 3.03. The van der Waals surface area contributed by atoms with Crippen LogP contribution in [-0.4, -0.2) is 19.6 Å². The molecule has 0 saturated heterocycles. The maximum Gasteiger partial charge on any atom is 0.215 e. The third-order valence-corrected chi connectivity index (χ3v) is 3.03. The molecule has 0 aliphatic heterocycles. The SMILES string of the molecule is CCn1ncc(CNCc2cnn(CC(C)C)c2)c1F. The highest BCUT2D eigenvalue weighted by Gasteiger charge is 2.08. The van der Waals surface area contributed by atoms with Crippen LogP contribution in [0.5, 0.6) is 0 Å². The molecule has 0 aromatic carbocycles. The van der Waals surface area contributed by atoms with Crippen molar-refractivity contribution in [3.8, 4) is 0 Å². The minimum Gasteiger partial charge on any atom is -0.308 e. The summed E-state index contributed by atoms with van der Waals surface area (Å²) in [6.45, 7) is 8.81. The second-order valence-electron chi connectivity index (χ2n) is 5.34. The summed E-state index contributed by atoms with van der Waals surface area (Å²) in [6.07, 6.45) is 5.45. The van der Waals surface area contributed by atoms with E-state index < -0.39 is 0 Å². The lowest BCUT2D eigenvalue weighted by Gasteiger charge is -2.04. The number of nitrogens with one attached hydrogen (secondary N) is 1. The van der Waals surface area contributed by atoms with Crippen LogP contribution >= 0.6 is 0 Å². The van der Waals surface area contributed by atoms with E-state index in [1.165, 1.54) is 4.68 Å². The van der Waals surface area contributed by atoms with Crippen molar-refractivity contribution in [1.29, 1.82) is 0 Å². The first-order chi connectivity index (χ1) is 9.60. The lowest BCUT2D eigenvalue weighted by molar-refractivity contribution is 0.460. The van der Waals surface area contributed by atoms with E-state index in [4.69, 9.17) is 0 Å². The van der Waals surface area contributed by atoms with Gasteiger partial charge in [0.1, 0.15) is 0 Å². The van der Waals surface area contributed by atoms with Crippen molar-refractivity contribution in [3.63, 3.8) is 0 Å². The van der Waals surface area contributed by atoms with E-state index in [1.54, 1.807) is 6.20 Å². The van der Waals surface area contributed by atoms with Crippen LogP contribution in [0, 0.1) is 11.9 Å². The minimum atomic E-state index is -0.254. The highest BCUT2D eigenvalue weighted by molar-refractivity contribution is 5.08. The Balaban J connectivity index is 1.83. The Morgan fingerprint density at radius 1 is 1.25 bits per heavy atom. The molecule has 1 N–H and O–H groups in total. The summed E-state index contributed by atoms with van der Waals surface area (Å²) in [6, 6.07) is 0. The van der Waals surface area contributed by atoms with E-state index >= 15 is 0 Å². The van der Waals surface area contributed by atoms with Crippen molar-refractivity contribution in [2.24, 2.45) is 5.92 Å². The summed E-state index contributed by atoms with van der Waals surface area (Å²) < 4.78 is 17.1. The predicted molar refractivity (Wildman–Crippen MR) is 75.5 cm³/mol. The summed E-state index contributed by atoms with van der Waals surface area (Å²) in [5, 5.41) is 11.5. The van der Waals surface area contributed by atoms with E-state index in [0.717, 1.165) is 12.1 Å². The molecule has 0 spiro atoms. The Morgan fingerprint density at radius 3 is 2.70 bits per heavy atom. The standard InChI is InChI=1S/C14H22FN5/c1-4-20-14(15)13(8-18-20)7-16-5-12-6-17-19(10-12)9-11(2)3/h6,8,10-11,16H,4-5,7,9H2,1-3H3. The first kappa shape index (κ1) is 14.7. The number of aryl methyl sites for hydroxylation is 1. The lowest BCUT2D eigenvalue weighted by Crippen LogP contribution is -2.13. The first-order valence-corrected chi connectivity index (χ1v) is 7.02. The van der Waals surface area contributed by atoms with Gasteiger partial charge in [-0.15, -0.1) is 0 Å². The molecular weight excluding hydrogens is 257 g/mol. The third kappa shape index (κ3) is 3.66. The fraction of sp³-hybridized carbons (Fsp3) is 0.571. The molecule has 2 aromatic heterocycles. The average Bonchev–Trinajstić information content (AvgIpc) is 2.97. The number of aromatic nitrogens is 4. The van der Waals surface area contributed by atoms with Crippen molar-refractivity contribution in [2.75, 3.05) is 0 Å². The van der Waals surface area contributed by atoms with Gasteiger partial charge in [0.05, 0.1) is 12.4 Å². The number of nitrogens with zero attached hydrogens (tertiary/aromatic N) is 4. The Kier molecular flexibility index (Phi) is 4.89. The molecule has 0 amide bonds. The molecular formula is C14H22FN5. The highest BCUT2D eigenvalue weighted by Crippen LogP contribution is 2.07. The molecule has 0 atom stereocenters. The van der Waals surface area contributed by atoms with Crippen LogP contribution in [0.1, 0.15) is 31.9 Å². The van der Waals surface area contributed by atoms with Crippen molar-refractivity contribution in [2.45, 2.75) is 47.0 Å². The van der Waals surface area contributed by atoms with Gasteiger partial charge in [-0.25, -0.2) is 4.68 Å². The van der Waals surface area contributed by atoms with Gasteiger partial charge in [0.2, 0.25) is 5.95 Å². The topological polar surface area (TPSA) is 47.7 Å². The van der Waals surface area contributed by atoms with Gasteiger partial charge in [-0.3, -0.25) is 4.68 Å². The number of rotatable bonds is 7. The molecule has 0 radical (unpaired) electrons. The predicted octanol–water partition coefficient (Wildman–Crippen LogP) is 2.18. The molecule has 110 valence electrons. The normalized spacial score (nSPS) is 11.4. The highest BCUT2D eigenvalue weighted by atomic mass is 19.1. The molecule has 20 heavy (non-hydrogen) atoms. The molecule has 0 unspecified atom stereocenters. The smallest absolute Gasteiger partial charge is 0.215 e. The molecule has 2 heterocycles. The van der Waals surface area contributed by atoms with E-state index in [0.29, 0.717) is 31.1 Å². The lowest BCUT2D eigenvalue weighted by atomic mass is 10.2. The summed E-state index contributed by atoms with van der Waals surface area (Å²) in [7, 11) is 0. The van der Waals surface area contributed by atoms with Crippen LogP contribution < -0.4 is 5.32 Å². The number of hydrogen-bond acceptors (Lipinski definition) is 3. The molecule has 2 aromatic rings. The number of halogens is 1. The van der Waals surface area contributed by atoms with Gasteiger partial charge in [-0.1, -0.05) is 13.8 Å². The molecule has 0 bridgehead atoms. The summed E-state index contributed by atoms with van der Waals surface area (Å²) in [4.78, 5) is 0. The van der Waals surface area contributed by atoms with Crippen molar-refractivity contribution >= 4 is 0 Å². The molecule has 5 nitrogen and oxygen atoms in total. The zero-order valence-corrected chi connectivity index (χ0v) is 12.3. The largest absolute Gasteiger partial charge is 0.308 e. The maximum absolute atomic E-state index is 13.8. The second kappa shape index (κ2) is 6.65. The minimum absolute atomic E-state index is 0.254. The first-order valence-electron chi connectivity index (χ1n) is 7.02. The van der Waals surface area contributed by atoms with E-state index in [9.17, 15) is 4.39 Å². The monoisotopic (exact) mass is 279 g/mol. The molecule has 0 fully saturated rings. The van der Waals surface area contributed by atoms with Crippen LogP contribution in [0.25, 0.3) is 0 Å². The summed E-state index contributed by atoms with van der Waals surface area (Å²) >= 11 is 0. The molecule has 6 heteroatoms. The van der Waals surface area contributed by atoms with Gasteiger partial charge in [0, 0.05) is 43.5 Å². The van der Waals surface area contributed by atoms with Gasteiger partial charge in [-0.05, 0) is 12.8 Å². The van der Waals surface area contributed by atoms with Gasteiger partial charge in [0.15, 0.2) is 0 Å². The van der Waals surface area contributed by atoms with E-state index in [2.05, 4.69) is 29.4 Å². The Morgan fingerprint density at radius 2 is 2.05 bits per heavy atom. The average molecular weight is 279 g/mol. The van der Waals surface area contributed by atoms with Gasteiger partial charge < -0.3 is 5.32 Å². The molecule has 0 aliphatic rings. The zero-order valence-electron chi connectivity index (χ0n) is 12.3. The quantitative estimate of drug-likeness (QED) is 0.845. The van der Waals surface area contributed by atoms with Gasteiger partial charge in [-0.2, -0.15) is 14.6 Å². The van der Waals surface area contributed by atoms with Crippen molar-refractivity contribution in [1.82, 2.24) is 24.9 Å². The van der Waals surface area contributed by atoms with Gasteiger partial charge in [0.25, 0.3) is 0 Å². The van der Waals surface area contributed by atoms with E-state index in [1.807, 2.05) is 24.0 Å². The summed E-state index contributed by atoms with van der Waals surface area (Å²) in [5.74, 6) is 0.320. The Hall–Kier alpha value is -1.69. The van der Waals surface area contributed by atoms with Crippen molar-refractivity contribution in [3.05, 3.63) is 35.7 Å². The van der Waals surface area contributed by atoms with Crippen LogP contribution in [0.3, 0.4) is 0 Å². The number of hydrogen-bond donors (Lipinski definition) is 1. The fourth-order valence-corrected chi connectivity index (χ4v) is 2.06. The Bertz CT molecular complexity index is 544.